The molecule has 72 valence electrons. The Kier molecular flexibility index (Phi) is 1.91. The molecular formula is C10H16N2O. The summed E-state index contributed by atoms with van der Waals surface area (Å²) in [6.07, 6.45) is 4.20. The van der Waals surface area contributed by atoms with Crippen LogP contribution in [-0.4, -0.2) is 10.5 Å². The van der Waals surface area contributed by atoms with E-state index >= 15 is 0 Å². The highest BCUT2D eigenvalue weighted by atomic mass is 16.4. The van der Waals surface area contributed by atoms with Crippen LogP contribution in [0.15, 0.2) is 4.42 Å². The molecule has 0 bridgehead atoms. The predicted octanol–water partition coefficient (Wildman–Crippen LogP) is 1.72. The van der Waals surface area contributed by atoms with Gasteiger partial charge in [0.05, 0.1) is 5.69 Å². The number of rotatable bonds is 3. The first-order chi connectivity index (χ1) is 6.09. The van der Waals surface area contributed by atoms with Crippen molar-refractivity contribution >= 4 is 0 Å². The van der Waals surface area contributed by atoms with Gasteiger partial charge in [0.15, 0.2) is 5.89 Å². The van der Waals surface area contributed by atoms with Crippen LogP contribution < -0.4 is 5.73 Å². The van der Waals surface area contributed by atoms with E-state index in [1.54, 1.807) is 0 Å². The summed E-state index contributed by atoms with van der Waals surface area (Å²) in [5.74, 6) is 1.77. The lowest BCUT2D eigenvalue weighted by Crippen LogP contribution is -2.22. The molecule has 2 N–H and O–H groups in total. The Bertz CT molecular complexity index is 293. The number of aromatic nitrogens is 1. The lowest BCUT2D eigenvalue weighted by Gasteiger charge is -2.04. The number of hydrogen-bond acceptors (Lipinski definition) is 3. The maximum Gasteiger partial charge on any atom is 0.194 e. The van der Waals surface area contributed by atoms with Crippen LogP contribution in [0.25, 0.3) is 0 Å². The fraction of sp³-hybridized carbons (Fsp3) is 0.700. The fourth-order valence-electron chi connectivity index (χ4n) is 1.41. The lowest BCUT2D eigenvalue weighted by molar-refractivity contribution is 0.449. The van der Waals surface area contributed by atoms with Crippen LogP contribution in [0.1, 0.15) is 36.6 Å². The second-order valence-corrected chi connectivity index (χ2v) is 4.11. The quantitative estimate of drug-likeness (QED) is 0.770. The van der Waals surface area contributed by atoms with Crippen molar-refractivity contribution in [2.45, 2.75) is 45.1 Å². The van der Waals surface area contributed by atoms with E-state index in [1.807, 2.05) is 13.8 Å². The molecule has 1 heterocycles. The van der Waals surface area contributed by atoms with Gasteiger partial charge in [-0.1, -0.05) is 0 Å². The van der Waals surface area contributed by atoms with Gasteiger partial charge in [-0.05, 0) is 33.1 Å². The highest BCUT2D eigenvalue weighted by Gasteiger charge is 2.37. The highest BCUT2D eigenvalue weighted by Crippen LogP contribution is 2.36. The number of aryl methyl sites for hydroxylation is 3. The summed E-state index contributed by atoms with van der Waals surface area (Å²) in [6.45, 7) is 3.92. The van der Waals surface area contributed by atoms with Crippen molar-refractivity contribution in [1.29, 1.82) is 0 Å². The molecule has 1 aromatic rings. The molecule has 0 atom stereocenters. The first-order valence-corrected chi connectivity index (χ1v) is 4.81. The lowest BCUT2D eigenvalue weighted by atomic mass is 10.1. The van der Waals surface area contributed by atoms with Gasteiger partial charge >= 0.3 is 0 Å². The fourth-order valence-corrected chi connectivity index (χ4v) is 1.41. The van der Waals surface area contributed by atoms with E-state index < -0.39 is 0 Å². The average Bonchev–Trinajstić information content (AvgIpc) is 2.72. The first kappa shape index (κ1) is 8.75. The minimum Gasteiger partial charge on any atom is -0.446 e. The molecule has 1 saturated carbocycles. The summed E-state index contributed by atoms with van der Waals surface area (Å²) in [7, 11) is 0. The van der Waals surface area contributed by atoms with Crippen molar-refractivity contribution in [2.24, 2.45) is 5.73 Å². The zero-order valence-corrected chi connectivity index (χ0v) is 8.26. The van der Waals surface area contributed by atoms with Crippen LogP contribution in [0.4, 0.5) is 0 Å². The van der Waals surface area contributed by atoms with Crippen molar-refractivity contribution in [3.63, 3.8) is 0 Å². The molecule has 0 spiro atoms. The third-order valence-electron chi connectivity index (χ3n) is 2.80. The van der Waals surface area contributed by atoms with Gasteiger partial charge in [0.1, 0.15) is 5.76 Å². The van der Waals surface area contributed by atoms with Crippen LogP contribution in [0.3, 0.4) is 0 Å². The van der Waals surface area contributed by atoms with Crippen LogP contribution in [0.2, 0.25) is 0 Å². The summed E-state index contributed by atoms with van der Waals surface area (Å²) in [6, 6.07) is 0. The Hall–Kier alpha value is -0.830. The Balaban J connectivity index is 1.94. The number of hydrogen-bond donors (Lipinski definition) is 1. The Morgan fingerprint density at radius 2 is 2.15 bits per heavy atom. The molecular weight excluding hydrogens is 164 g/mol. The van der Waals surface area contributed by atoms with Crippen molar-refractivity contribution in [1.82, 2.24) is 4.98 Å². The van der Waals surface area contributed by atoms with Crippen molar-refractivity contribution in [3.05, 3.63) is 17.3 Å². The monoisotopic (exact) mass is 180 g/mol. The molecule has 13 heavy (non-hydrogen) atoms. The van der Waals surface area contributed by atoms with Crippen molar-refractivity contribution in [2.75, 3.05) is 0 Å². The number of oxazole rings is 1. The topological polar surface area (TPSA) is 52.0 Å². The van der Waals surface area contributed by atoms with Gasteiger partial charge in [0, 0.05) is 12.0 Å². The summed E-state index contributed by atoms with van der Waals surface area (Å²) >= 11 is 0. The van der Waals surface area contributed by atoms with Gasteiger partial charge in [-0.25, -0.2) is 4.98 Å². The van der Waals surface area contributed by atoms with Crippen molar-refractivity contribution in [3.8, 4) is 0 Å². The summed E-state index contributed by atoms with van der Waals surface area (Å²) in [5, 5.41) is 0. The number of nitrogens with zero attached hydrogens (tertiary/aromatic N) is 1. The maximum absolute atomic E-state index is 5.97. The SMILES string of the molecule is Cc1nc(CCC2(N)CC2)oc1C. The van der Waals surface area contributed by atoms with Crippen LogP contribution in [0.5, 0.6) is 0 Å². The third kappa shape index (κ3) is 1.91. The molecule has 1 fully saturated rings. The van der Waals surface area contributed by atoms with Crippen molar-refractivity contribution < 1.29 is 4.42 Å². The Morgan fingerprint density at radius 3 is 2.62 bits per heavy atom. The number of nitrogens with two attached hydrogens (primary N) is 1. The second kappa shape index (κ2) is 2.84. The van der Waals surface area contributed by atoms with Gasteiger partial charge < -0.3 is 10.2 Å². The summed E-state index contributed by atoms with van der Waals surface area (Å²) in [4.78, 5) is 4.32. The highest BCUT2D eigenvalue weighted by molar-refractivity contribution is 5.07. The molecule has 0 saturated heterocycles. The van der Waals surface area contributed by atoms with E-state index in [0.29, 0.717) is 0 Å². The van der Waals surface area contributed by atoms with E-state index in [0.717, 1.165) is 43.0 Å². The zero-order valence-electron chi connectivity index (χ0n) is 8.26. The first-order valence-electron chi connectivity index (χ1n) is 4.81. The van der Waals surface area contributed by atoms with Gasteiger partial charge in [-0.15, -0.1) is 0 Å². The molecule has 3 nitrogen and oxygen atoms in total. The van der Waals surface area contributed by atoms with Crippen LogP contribution >= 0.6 is 0 Å². The van der Waals surface area contributed by atoms with E-state index in [9.17, 15) is 0 Å². The maximum atomic E-state index is 5.97. The van der Waals surface area contributed by atoms with E-state index in [-0.39, 0.29) is 5.54 Å². The predicted molar refractivity (Wildman–Crippen MR) is 50.5 cm³/mol. The largest absolute Gasteiger partial charge is 0.446 e. The summed E-state index contributed by atoms with van der Waals surface area (Å²) in [5.41, 5.74) is 7.07. The third-order valence-corrected chi connectivity index (χ3v) is 2.80. The molecule has 0 amide bonds. The van der Waals surface area contributed by atoms with Crippen LogP contribution in [0, 0.1) is 13.8 Å². The van der Waals surface area contributed by atoms with E-state index in [2.05, 4.69) is 4.98 Å². The van der Waals surface area contributed by atoms with E-state index in [1.165, 1.54) is 0 Å². The molecule has 3 heteroatoms. The Labute approximate surface area is 78.3 Å². The van der Waals surface area contributed by atoms with Gasteiger partial charge in [-0.2, -0.15) is 0 Å². The molecule has 2 rings (SSSR count). The van der Waals surface area contributed by atoms with Gasteiger partial charge in [0.2, 0.25) is 0 Å². The molecule has 0 radical (unpaired) electrons. The van der Waals surface area contributed by atoms with E-state index in [4.69, 9.17) is 10.2 Å². The normalized spacial score (nSPS) is 19.0. The minimum atomic E-state index is 0.107. The molecule has 0 aliphatic heterocycles. The molecule has 0 unspecified atom stereocenters. The molecule has 1 aromatic heterocycles. The zero-order chi connectivity index (χ0) is 9.47. The smallest absolute Gasteiger partial charge is 0.194 e. The van der Waals surface area contributed by atoms with Crippen LogP contribution in [-0.2, 0) is 6.42 Å². The van der Waals surface area contributed by atoms with Gasteiger partial charge in [-0.3, -0.25) is 0 Å². The average molecular weight is 180 g/mol. The standard InChI is InChI=1S/C10H16N2O/c1-7-8(2)13-9(12-7)3-4-10(11)5-6-10/h3-6,11H2,1-2H3. The second-order valence-electron chi connectivity index (χ2n) is 4.11. The molecule has 0 aromatic carbocycles. The molecule has 1 aliphatic carbocycles. The van der Waals surface area contributed by atoms with Gasteiger partial charge in [0.25, 0.3) is 0 Å². The molecule has 1 aliphatic rings. The minimum absolute atomic E-state index is 0.107. The summed E-state index contributed by atoms with van der Waals surface area (Å²) < 4.78 is 5.47. The Morgan fingerprint density at radius 1 is 1.46 bits per heavy atom.